The van der Waals surface area contributed by atoms with E-state index in [1.807, 2.05) is 6.92 Å². The summed E-state index contributed by atoms with van der Waals surface area (Å²) in [6, 6.07) is 2.84. The average Bonchev–Trinajstić information content (AvgIpc) is 2.52. The molecule has 0 amide bonds. The number of carbonyl (C=O) groups is 1. The van der Waals surface area contributed by atoms with E-state index in [0.29, 0.717) is 5.76 Å². The first kappa shape index (κ1) is 9.80. The Balaban J connectivity index is 2.73. The van der Waals surface area contributed by atoms with E-state index < -0.39 is 5.97 Å². The van der Waals surface area contributed by atoms with Crippen LogP contribution in [0.2, 0.25) is 0 Å². The Morgan fingerprint density at radius 3 is 2.85 bits per heavy atom. The van der Waals surface area contributed by atoms with Crippen molar-refractivity contribution in [1.82, 2.24) is 0 Å². The second-order valence-corrected chi connectivity index (χ2v) is 2.90. The number of carboxylic acids is 1. The Morgan fingerprint density at radius 2 is 2.38 bits per heavy atom. The third kappa shape index (κ3) is 2.32. The van der Waals surface area contributed by atoms with Gasteiger partial charge in [-0.2, -0.15) is 0 Å². The largest absolute Gasteiger partial charge is 0.475 e. The molecular weight excluding hydrogens is 170 g/mol. The third-order valence-corrected chi connectivity index (χ3v) is 1.80. The Hall–Kier alpha value is -1.29. The average molecular weight is 183 g/mol. The quantitative estimate of drug-likeness (QED) is 0.745. The lowest BCUT2D eigenvalue weighted by atomic mass is 10.1. The van der Waals surface area contributed by atoms with Crippen LogP contribution in [0.4, 0.5) is 0 Å². The molecule has 0 saturated carbocycles. The highest BCUT2D eigenvalue weighted by molar-refractivity contribution is 5.84. The third-order valence-electron chi connectivity index (χ3n) is 1.80. The number of nitrogens with two attached hydrogens (primary N) is 1. The van der Waals surface area contributed by atoms with Crippen molar-refractivity contribution in [2.24, 2.45) is 5.73 Å². The van der Waals surface area contributed by atoms with Crippen molar-refractivity contribution in [3.8, 4) is 0 Å². The van der Waals surface area contributed by atoms with Gasteiger partial charge < -0.3 is 15.3 Å². The Morgan fingerprint density at radius 1 is 1.69 bits per heavy atom. The van der Waals surface area contributed by atoms with Crippen molar-refractivity contribution < 1.29 is 14.3 Å². The van der Waals surface area contributed by atoms with Crippen molar-refractivity contribution in [1.29, 1.82) is 0 Å². The Bertz CT molecular complexity index is 293. The number of rotatable bonds is 4. The maximum atomic E-state index is 10.5. The first-order chi connectivity index (χ1) is 6.15. The molecule has 13 heavy (non-hydrogen) atoms. The fraction of sp³-hybridized carbons (Fsp3) is 0.444. The fourth-order valence-electron chi connectivity index (χ4n) is 1.12. The maximum Gasteiger partial charge on any atom is 0.371 e. The van der Waals surface area contributed by atoms with Crippen LogP contribution in [0, 0.1) is 0 Å². The molecule has 1 aromatic rings. The lowest BCUT2D eigenvalue weighted by Crippen LogP contribution is -2.08. The lowest BCUT2D eigenvalue weighted by molar-refractivity contribution is 0.0659. The lowest BCUT2D eigenvalue weighted by Gasteiger charge is -2.05. The fourth-order valence-corrected chi connectivity index (χ4v) is 1.12. The molecule has 1 rings (SSSR count). The van der Waals surface area contributed by atoms with Crippen LogP contribution in [0.3, 0.4) is 0 Å². The summed E-state index contributed by atoms with van der Waals surface area (Å²) in [5, 5.41) is 8.58. The molecule has 0 aliphatic heterocycles. The van der Waals surface area contributed by atoms with E-state index in [2.05, 4.69) is 0 Å². The second-order valence-electron chi connectivity index (χ2n) is 2.90. The normalized spacial score (nSPS) is 12.8. The predicted octanol–water partition coefficient (Wildman–Crippen LogP) is 1.78. The SMILES string of the molecule is CCCC(N)c1ccc(C(=O)O)o1. The van der Waals surface area contributed by atoms with Crippen LogP contribution in [0.25, 0.3) is 0 Å². The highest BCUT2D eigenvalue weighted by Crippen LogP contribution is 2.18. The van der Waals surface area contributed by atoms with Crippen molar-refractivity contribution in [3.05, 3.63) is 23.7 Å². The molecule has 72 valence electrons. The van der Waals surface area contributed by atoms with Gasteiger partial charge in [0.15, 0.2) is 0 Å². The predicted molar refractivity (Wildman–Crippen MR) is 47.5 cm³/mol. The molecule has 1 atom stereocenters. The molecule has 4 nitrogen and oxygen atoms in total. The zero-order valence-corrected chi connectivity index (χ0v) is 7.49. The smallest absolute Gasteiger partial charge is 0.371 e. The van der Waals surface area contributed by atoms with Gasteiger partial charge in [0.1, 0.15) is 5.76 Å². The van der Waals surface area contributed by atoms with Crippen molar-refractivity contribution in [2.75, 3.05) is 0 Å². The minimum atomic E-state index is -1.06. The molecule has 0 aliphatic rings. The molecule has 0 aromatic carbocycles. The van der Waals surface area contributed by atoms with Gasteiger partial charge in [-0.15, -0.1) is 0 Å². The summed E-state index contributed by atoms with van der Waals surface area (Å²) in [5.74, 6) is -0.573. The summed E-state index contributed by atoms with van der Waals surface area (Å²) in [6.45, 7) is 2.01. The number of aromatic carboxylic acids is 1. The molecule has 0 saturated heterocycles. The first-order valence-corrected chi connectivity index (χ1v) is 4.23. The summed E-state index contributed by atoms with van der Waals surface area (Å²) in [7, 11) is 0. The molecule has 0 bridgehead atoms. The van der Waals surface area contributed by atoms with Gasteiger partial charge in [-0.05, 0) is 18.6 Å². The summed E-state index contributed by atoms with van der Waals surface area (Å²) < 4.78 is 5.03. The van der Waals surface area contributed by atoms with Crippen LogP contribution in [0.1, 0.15) is 42.1 Å². The van der Waals surface area contributed by atoms with Gasteiger partial charge >= 0.3 is 5.97 Å². The topological polar surface area (TPSA) is 76.5 Å². The van der Waals surface area contributed by atoms with Gasteiger partial charge in [-0.1, -0.05) is 13.3 Å². The summed E-state index contributed by atoms with van der Waals surface area (Å²) >= 11 is 0. The molecule has 0 aliphatic carbocycles. The van der Waals surface area contributed by atoms with E-state index in [9.17, 15) is 4.79 Å². The van der Waals surface area contributed by atoms with E-state index in [4.69, 9.17) is 15.3 Å². The summed E-state index contributed by atoms with van der Waals surface area (Å²) in [4.78, 5) is 10.5. The van der Waals surface area contributed by atoms with Crippen molar-refractivity contribution >= 4 is 5.97 Å². The zero-order valence-electron chi connectivity index (χ0n) is 7.49. The van der Waals surface area contributed by atoms with Gasteiger partial charge in [0.2, 0.25) is 5.76 Å². The van der Waals surface area contributed by atoms with Crippen molar-refractivity contribution in [2.45, 2.75) is 25.8 Å². The number of hydrogen-bond acceptors (Lipinski definition) is 3. The maximum absolute atomic E-state index is 10.5. The van der Waals surface area contributed by atoms with E-state index in [1.165, 1.54) is 6.07 Å². The molecule has 1 aromatic heterocycles. The van der Waals surface area contributed by atoms with Crippen LogP contribution in [-0.2, 0) is 0 Å². The molecule has 4 heteroatoms. The Labute approximate surface area is 76.3 Å². The number of furan rings is 1. The molecule has 1 heterocycles. The molecule has 0 fully saturated rings. The second kappa shape index (κ2) is 4.09. The first-order valence-electron chi connectivity index (χ1n) is 4.23. The summed E-state index contributed by atoms with van der Waals surface area (Å²) in [5.41, 5.74) is 5.73. The Kier molecular flexibility index (Phi) is 3.08. The van der Waals surface area contributed by atoms with Gasteiger partial charge in [-0.3, -0.25) is 0 Å². The number of carboxylic acid groups (broad SMARTS) is 1. The molecule has 1 unspecified atom stereocenters. The van der Waals surface area contributed by atoms with E-state index in [1.54, 1.807) is 6.07 Å². The standard InChI is InChI=1S/C9H13NO3/c1-2-3-6(10)7-4-5-8(13-7)9(11)12/h4-6H,2-3,10H2,1H3,(H,11,12). The van der Waals surface area contributed by atoms with Crippen LogP contribution >= 0.6 is 0 Å². The number of hydrogen-bond donors (Lipinski definition) is 2. The van der Waals surface area contributed by atoms with Crippen molar-refractivity contribution in [3.63, 3.8) is 0 Å². The van der Waals surface area contributed by atoms with E-state index in [-0.39, 0.29) is 11.8 Å². The molecular formula is C9H13NO3. The highest BCUT2D eigenvalue weighted by Gasteiger charge is 2.13. The monoisotopic (exact) mass is 183 g/mol. The minimum absolute atomic E-state index is 0.0541. The van der Waals surface area contributed by atoms with Crippen LogP contribution in [0.5, 0.6) is 0 Å². The van der Waals surface area contributed by atoms with Gasteiger partial charge in [0.25, 0.3) is 0 Å². The van der Waals surface area contributed by atoms with E-state index in [0.717, 1.165) is 12.8 Å². The zero-order chi connectivity index (χ0) is 9.84. The van der Waals surface area contributed by atoms with Gasteiger partial charge in [0, 0.05) is 0 Å². The molecule has 0 spiro atoms. The summed E-state index contributed by atoms with van der Waals surface area (Å²) in [6.07, 6.45) is 1.75. The minimum Gasteiger partial charge on any atom is -0.475 e. The van der Waals surface area contributed by atoms with Gasteiger partial charge in [-0.25, -0.2) is 4.79 Å². The van der Waals surface area contributed by atoms with E-state index >= 15 is 0 Å². The van der Waals surface area contributed by atoms with Crippen LogP contribution in [-0.4, -0.2) is 11.1 Å². The molecule has 3 N–H and O–H groups in total. The highest BCUT2D eigenvalue weighted by atomic mass is 16.4. The van der Waals surface area contributed by atoms with Crippen LogP contribution in [0.15, 0.2) is 16.5 Å². The van der Waals surface area contributed by atoms with Crippen LogP contribution < -0.4 is 5.73 Å². The van der Waals surface area contributed by atoms with Gasteiger partial charge in [0.05, 0.1) is 6.04 Å². The molecule has 0 radical (unpaired) electrons.